The van der Waals surface area contributed by atoms with E-state index in [-0.39, 0.29) is 0 Å². The van der Waals surface area contributed by atoms with Gasteiger partial charge in [-0.1, -0.05) is 0 Å². The minimum atomic E-state index is 0.357. The van der Waals surface area contributed by atoms with Gasteiger partial charge in [0, 0.05) is 18.8 Å². The summed E-state index contributed by atoms with van der Waals surface area (Å²) in [6.07, 6.45) is 2.88. The van der Waals surface area contributed by atoms with E-state index in [0.717, 1.165) is 11.8 Å². The van der Waals surface area contributed by atoms with Gasteiger partial charge < -0.3 is 10.0 Å². The van der Waals surface area contributed by atoms with E-state index in [2.05, 4.69) is 4.90 Å². The maximum atomic E-state index is 9.20. The number of nitrogens with zero attached hydrogens (tertiary/aromatic N) is 1. The number of piperidine rings is 2. The summed E-state index contributed by atoms with van der Waals surface area (Å²) >= 11 is 0. The first-order chi connectivity index (χ1) is 6.81. The Morgan fingerprint density at radius 1 is 1.00 bits per heavy atom. The Balaban J connectivity index is 1.79. The van der Waals surface area contributed by atoms with Crippen molar-refractivity contribution in [1.82, 2.24) is 0 Å². The SMILES string of the molecule is Oc1ccc(N2CC3CC(C3)C2)cc1. The van der Waals surface area contributed by atoms with Crippen molar-refractivity contribution in [3.63, 3.8) is 0 Å². The van der Waals surface area contributed by atoms with Gasteiger partial charge in [-0.2, -0.15) is 0 Å². The molecule has 4 rings (SSSR count). The van der Waals surface area contributed by atoms with Crippen LogP contribution in [0.5, 0.6) is 5.75 Å². The number of fused-ring (bicyclic) bond motifs is 2. The minimum absolute atomic E-state index is 0.357. The molecule has 3 fully saturated rings. The van der Waals surface area contributed by atoms with Gasteiger partial charge in [-0.05, 0) is 48.9 Å². The van der Waals surface area contributed by atoms with Gasteiger partial charge in [0.25, 0.3) is 0 Å². The van der Waals surface area contributed by atoms with Gasteiger partial charge in [0.05, 0.1) is 0 Å². The second-order valence-electron chi connectivity index (χ2n) is 4.62. The summed E-state index contributed by atoms with van der Waals surface area (Å²) in [6.45, 7) is 2.42. The van der Waals surface area contributed by atoms with Crippen molar-refractivity contribution in [2.45, 2.75) is 12.8 Å². The van der Waals surface area contributed by atoms with Crippen LogP contribution in [0.1, 0.15) is 12.8 Å². The second kappa shape index (κ2) is 2.91. The average molecular weight is 189 g/mol. The van der Waals surface area contributed by atoms with Crippen LogP contribution >= 0.6 is 0 Å². The fraction of sp³-hybridized carbons (Fsp3) is 0.500. The van der Waals surface area contributed by atoms with Gasteiger partial charge in [-0.15, -0.1) is 0 Å². The molecule has 74 valence electrons. The lowest BCUT2D eigenvalue weighted by Crippen LogP contribution is -2.48. The monoisotopic (exact) mass is 189 g/mol. The summed E-state index contributed by atoms with van der Waals surface area (Å²) in [5.74, 6) is 2.22. The van der Waals surface area contributed by atoms with Crippen molar-refractivity contribution < 1.29 is 5.11 Å². The maximum Gasteiger partial charge on any atom is 0.115 e. The third kappa shape index (κ3) is 1.26. The van der Waals surface area contributed by atoms with E-state index in [4.69, 9.17) is 0 Å². The summed E-state index contributed by atoms with van der Waals surface area (Å²) in [5.41, 5.74) is 1.26. The lowest BCUT2D eigenvalue weighted by molar-refractivity contribution is 0.159. The number of rotatable bonds is 1. The number of hydrogen-bond donors (Lipinski definition) is 1. The molecular formula is C12H15NO. The third-order valence-corrected chi connectivity index (χ3v) is 3.51. The van der Waals surface area contributed by atoms with E-state index >= 15 is 0 Å². The Morgan fingerprint density at radius 3 is 2.14 bits per heavy atom. The van der Waals surface area contributed by atoms with E-state index < -0.39 is 0 Å². The van der Waals surface area contributed by atoms with Crippen LogP contribution in [0, 0.1) is 11.8 Å². The molecule has 2 heterocycles. The third-order valence-electron chi connectivity index (χ3n) is 3.51. The molecule has 2 saturated heterocycles. The van der Waals surface area contributed by atoms with Gasteiger partial charge in [-0.25, -0.2) is 0 Å². The number of aromatic hydroxyl groups is 1. The van der Waals surface area contributed by atoms with E-state index in [1.54, 1.807) is 12.1 Å². The Kier molecular flexibility index (Phi) is 1.69. The summed E-state index contributed by atoms with van der Waals surface area (Å²) < 4.78 is 0. The molecule has 0 radical (unpaired) electrons. The molecule has 0 atom stereocenters. The smallest absolute Gasteiger partial charge is 0.115 e. The Morgan fingerprint density at radius 2 is 1.57 bits per heavy atom. The summed E-state index contributed by atoms with van der Waals surface area (Å²) in [4.78, 5) is 2.45. The van der Waals surface area contributed by atoms with Gasteiger partial charge in [0.2, 0.25) is 0 Å². The van der Waals surface area contributed by atoms with Crippen molar-refractivity contribution in [1.29, 1.82) is 0 Å². The van der Waals surface area contributed by atoms with Crippen LogP contribution in [-0.2, 0) is 0 Å². The Bertz CT molecular complexity index is 317. The number of hydrogen-bond acceptors (Lipinski definition) is 2. The standard InChI is InChI=1S/C12H15NO/c14-12-3-1-11(2-4-12)13-7-9-5-10(6-9)8-13/h1-4,9-10,14H,5-8H2. The normalized spacial score (nSPS) is 29.9. The minimum Gasteiger partial charge on any atom is -0.508 e. The topological polar surface area (TPSA) is 23.5 Å². The zero-order valence-corrected chi connectivity index (χ0v) is 8.19. The molecule has 2 bridgehead atoms. The fourth-order valence-electron chi connectivity index (χ4n) is 2.74. The van der Waals surface area contributed by atoms with Gasteiger partial charge in [0.1, 0.15) is 5.75 Å². The number of phenolic OH excluding ortho intramolecular Hbond substituents is 1. The molecule has 1 saturated carbocycles. The van der Waals surface area contributed by atoms with Crippen LogP contribution in [0.25, 0.3) is 0 Å². The molecule has 1 aliphatic carbocycles. The van der Waals surface area contributed by atoms with Crippen LogP contribution in [0.15, 0.2) is 24.3 Å². The number of benzene rings is 1. The van der Waals surface area contributed by atoms with Gasteiger partial charge in [0.15, 0.2) is 0 Å². The quantitative estimate of drug-likeness (QED) is 0.732. The van der Waals surface area contributed by atoms with Crippen LogP contribution in [-0.4, -0.2) is 18.2 Å². The van der Waals surface area contributed by atoms with E-state index in [0.29, 0.717) is 5.75 Å². The molecular weight excluding hydrogens is 174 g/mol. The highest BCUT2D eigenvalue weighted by Crippen LogP contribution is 2.41. The van der Waals surface area contributed by atoms with E-state index in [9.17, 15) is 5.11 Å². The van der Waals surface area contributed by atoms with Crippen molar-refractivity contribution in [3.05, 3.63) is 24.3 Å². The summed E-state index contributed by atoms with van der Waals surface area (Å²) in [6, 6.07) is 7.57. The van der Waals surface area contributed by atoms with Gasteiger partial charge in [-0.3, -0.25) is 0 Å². The molecule has 2 aliphatic heterocycles. The molecule has 1 aromatic carbocycles. The van der Waals surface area contributed by atoms with Crippen molar-refractivity contribution in [2.75, 3.05) is 18.0 Å². The number of phenols is 1. The highest BCUT2D eigenvalue weighted by molar-refractivity contribution is 5.49. The summed E-state index contributed by atoms with van der Waals surface area (Å²) in [5, 5.41) is 9.20. The number of anilines is 1. The zero-order chi connectivity index (χ0) is 9.54. The predicted molar refractivity (Wildman–Crippen MR) is 56.5 cm³/mol. The van der Waals surface area contributed by atoms with Crippen LogP contribution in [0.2, 0.25) is 0 Å². The highest BCUT2D eigenvalue weighted by Gasteiger charge is 2.36. The maximum absolute atomic E-state index is 9.20. The van der Waals surface area contributed by atoms with Crippen LogP contribution in [0.3, 0.4) is 0 Å². The largest absolute Gasteiger partial charge is 0.508 e. The molecule has 1 aromatic rings. The first-order valence-electron chi connectivity index (χ1n) is 5.35. The van der Waals surface area contributed by atoms with Crippen molar-refractivity contribution in [2.24, 2.45) is 11.8 Å². The van der Waals surface area contributed by atoms with Crippen molar-refractivity contribution in [3.8, 4) is 5.75 Å². The molecule has 1 N–H and O–H groups in total. The van der Waals surface area contributed by atoms with Crippen molar-refractivity contribution >= 4 is 5.69 Å². The Hall–Kier alpha value is -1.18. The van der Waals surface area contributed by atoms with E-state index in [1.165, 1.54) is 31.6 Å². The average Bonchev–Trinajstić information content (AvgIpc) is 2.18. The summed E-state index contributed by atoms with van der Waals surface area (Å²) in [7, 11) is 0. The van der Waals surface area contributed by atoms with E-state index in [1.807, 2.05) is 12.1 Å². The lowest BCUT2D eigenvalue weighted by Gasteiger charge is -2.48. The molecule has 0 unspecified atom stereocenters. The van der Waals surface area contributed by atoms with Crippen LogP contribution in [0.4, 0.5) is 5.69 Å². The molecule has 3 aliphatic rings. The predicted octanol–water partition coefficient (Wildman–Crippen LogP) is 2.24. The second-order valence-corrected chi connectivity index (χ2v) is 4.62. The van der Waals surface area contributed by atoms with Gasteiger partial charge >= 0.3 is 0 Å². The highest BCUT2D eigenvalue weighted by atomic mass is 16.3. The fourth-order valence-corrected chi connectivity index (χ4v) is 2.74. The first kappa shape index (κ1) is 8.16. The zero-order valence-electron chi connectivity index (χ0n) is 8.19. The molecule has 2 nitrogen and oxygen atoms in total. The molecule has 0 amide bonds. The van der Waals surface area contributed by atoms with Crippen LogP contribution < -0.4 is 4.90 Å². The lowest BCUT2D eigenvalue weighted by atomic mass is 9.71. The molecule has 0 aromatic heterocycles. The first-order valence-corrected chi connectivity index (χ1v) is 5.35. The molecule has 2 heteroatoms. The Labute approximate surface area is 84.2 Å². The molecule has 14 heavy (non-hydrogen) atoms. The molecule has 0 spiro atoms.